The summed E-state index contributed by atoms with van der Waals surface area (Å²) in [5.74, 6) is -0.324. The Morgan fingerprint density at radius 3 is 2.78 bits per heavy atom. The Morgan fingerprint density at radius 1 is 1.39 bits per heavy atom. The molecule has 23 heavy (non-hydrogen) atoms. The van der Waals surface area contributed by atoms with Crippen LogP contribution in [0.3, 0.4) is 0 Å². The number of hydrogen-bond acceptors (Lipinski definition) is 4. The van der Waals surface area contributed by atoms with E-state index in [1.165, 1.54) is 0 Å². The number of aryl methyl sites for hydroxylation is 1. The zero-order valence-corrected chi connectivity index (χ0v) is 14.0. The Kier molecular flexibility index (Phi) is 5.45. The minimum absolute atomic E-state index is 0.0713. The second-order valence-corrected chi connectivity index (χ2v) is 6.60. The highest BCUT2D eigenvalue weighted by atomic mass is 32.2. The van der Waals surface area contributed by atoms with Crippen molar-refractivity contribution in [2.45, 2.75) is 24.8 Å². The number of hydrogen-bond donors (Lipinski definition) is 2. The highest BCUT2D eigenvalue weighted by molar-refractivity contribution is 7.89. The Balaban J connectivity index is 2.16. The van der Waals surface area contributed by atoms with Gasteiger partial charge in [0.2, 0.25) is 0 Å². The smallest absolute Gasteiger partial charge is 0.272 e. The molecule has 0 saturated carbocycles. The number of nitriles is 1. The van der Waals surface area contributed by atoms with Crippen LogP contribution in [0.15, 0.2) is 41.4 Å². The lowest BCUT2D eigenvalue weighted by Crippen LogP contribution is -2.30. The Bertz CT molecular complexity index is 749. The molecule has 1 atom stereocenters. The van der Waals surface area contributed by atoms with E-state index in [0.717, 1.165) is 0 Å². The van der Waals surface area contributed by atoms with Gasteiger partial charge in [-0.2, -0.15) is 5.26 Å². The van der Waals surface area contributed by atoms with Crippen molar-refractivity contribution in [3.05, 3.63) is 47.8 Å². The van der Waals surface area contributed by atoms with Crippen LogP contribution in [0.5, 0.6) is 0 Å². The normalized spacial score (nSPS) is 12.0. The number of amides is 1. The maximum Gasteiger partial charge on any atom is 0.272 e. The van der Waals surface area contributed by atoms with Gasteiger partial charge in [0.1, 0.15) is 5.69 Å². The van der Waals surface area contributed by atoms with Crippen LogP contribution in [0, 0.1) is 11.3 Å². The average Bonchev–Trinajstić information content (AvgIpc) is 2.89. The number of nitrogens with one attached hydrogen (secondary N) is 2. The fourth-order valence-electron chi connectivity index (χ4n) is 2.01. The Labute approximate surface area is 138 Å². The number of carbonyl (C=O) groups is 1. The third-order valence-electron chi connectivity index (χ3n) is 3.02. The summed E-state index contributed by atoms with van der Waals surface area (Å²) in [4.78, 5) is 12.9. The fourth-order valence-corrected chi connectivity index (χ4v) is 3.04. The third-order valence-corrected chi connectivity index (χ3v) is 4.36. The van der Waals surface area contributed by atoms with Crippen LogP contribution in [0.2, 0.25) is 0 Å². The van der Waals surface area contributed by atoms with Crippen molar-refractivity contribution in [2.24, 2.45) is 7.05 Å². The summed E-state index contributed by atoms with van der Waals surface area (Å²) in [6.07, 6.45) is 1.66. The molecule has 0 radical (unpaired) electrons. The second-order valence-electron chi connectivity index (χ2n) is 5.36. The lowest BCUT2D eigenvalue weighted by atomic mass is 10.2. The van der Waals surface area contributed by atoms with Crippen LogP contribution in [0.25, 0.3) is 0 Å². The van der Waals surface area contributed by atoms with E-state index in [-0.39, 0.29) is 11.9 Å². The molecule has 2 N–H and O–H groups in total. The molecule has 0 bridgehead atoms. The third kappa shape index (κ3) is 4.36. The van der Waals surface area contributed by atoms with E-state index < -0.39 is 11.4 Å². The predicted molar refractivity (Wildman–Crippen MR) is 89.2 cm³/mol. The van der Waals surface area contributed by atoms with Gasteiger partial charge in [0.15, 0.2) is 4.90 Å². The van der Waals surface area contributed by atoms with Gasteiger partial charge in [0, 0.05) is 24.8 Å². The molecular formula is C16H18N4O2S. The van der Waals surface area contributed by atoms with Crippen molar-refractivity contribution in [3.8, 4) is 6.07 Å². The summed E-state index contributed by atoms with van der Waals surface area (Å²) in [5.41, 5.74) is 1.40. The molecule has 1 aromatic heterocycles. The van der Waals surface area contributed by atoms with E-state index >= 15 is 0 Å². The number of aromatic nitrogens is 1. The van der Waals surface area contributed by atoms with Crippen LogP contribution in [0.4, 0.5) is 5.69 Å². The predicted octanol–water partition coefficient (Wildman–Crippen LogP) is 2.17. The molecule has 1 amide bonds. The molecule has 0 aliphatic rings. The molecule has 0 spiro atoms. The van der Waals surface area contributed by atoms with Crippen LogP contribution < -0.4 is 10.0 Å². The van der Waals surface area contributed by atoms with E-state index in [4.69, 9.17) is 5.26 Å². The SMILES string of the molecule is CC(C)N[S+]([O-])c1cc(C(=O)Nc2cccc(C#N)c2)n(C)c1. The first-order valence-electron chi connectivity index (χ1n) is 7.06. The molecule has 2 rings (SSSR count). The highest BCUT2D eigenvalue weighted by Crippen LogP contribution is 2.16. The van der Waals surface area contributed by atoms with Crippen LogP contribution in [-0.2, 0) is 18.4 Å². The molecule has 0 fully saturated rings. The van der Waals surface area contributed by atoms with Crippen molar-refractivity contribution < 1.29 is 9.35 Å². The number of carbonyl (C=O) groups excluding carboxylic acids is 1. The molecule has 120 valence electrons. The largest absolute Gasteiger partial charge is 0.593 e. The first-order valence-corrected chi connectivity index (χ1v) is 8.21. The monoisotopic (exact) mass is 330 g/mol. The minimum Gasteiger partial charge on any atom is -0.593 e. The molecule has 0 saturated heterocycles. The summed E-state index contributed by atoms with van der Waals surface area (Å²) in [6, 6.07) is 10.4. The number of rotatable bonds is 5. The van der Waals surface area contributed by atoms with E-state index in [2.05, 4.69) is 10.0 Å². The zero-order chi connectivity index (χ0) is 17.0. The minimum atomic E-state index is -1.36. The summed E-state index contributed by atoms with van der Waals surface area (Å²) in [7, 11) is 1.72. The maximum absolute atomic E-state index is 12.4. The highest BCUT2D eigenvalue weighted by Gasteiger charge is 2.20. The van der Waals surface area contributed by atoms with Gasteiger partial charge in [-0.1, -0.05) is 6.07 Å². The second kappa shape index (κ2) is 7.33. The summed E-state index contributed by atoms with van der Waals surface area (Å²) in [6.45, 7) is 3.80. The van der Waals surface area contributed by atoms with Gasteiger partial charge in [-0.25, -0.2) is 0 Å². The summed E-state index contributed by atoms with van der Waals surface area (Å²) < 4.78 is 16.6. The lowest BCUT2D eigenvalue weighted by Gasteiger charge is -2.10. The Morgan fingerprint density at radius 2 is 2.13 bits per heavy atom. The van der Waals surface area contributed by atoms with Gasteiger partial charge < -0.3 is 14.4 Å². The van der Waals surface area contributed by atoms with Gasteiger partial charge in [-0.3, -0.25) is 4.79 Å². The molecule has 7 heteroatoms. The van der Waals surface area contributed by atoms with Gasteiger partial charge in [-0.05, 0) is 32.0 Å². The molecular weight excluding hydrogens is 312 g/mol. The number of anilines is 1. The summed E-state index contributed by atoms with van der Waals surface area (Å²) >= 11 is -1.36. The van der Waals surface area contributed by atoms with Crippen molar-refractivity contribution in [2.75, 3.05) is 5.32 Å². The maximum atomic E-state index is 12.4. The van der Waals surface area contributed by atoms with E-state index in [1.807, 2.05) is 19.9 Å². The molecule has 1 heterocycles. The zero-order valence-electron chi connectivity index (χ0n) is 13.2. The molecule has 0 aliphatic heterocycles. The van der Waals surface area contributed by atoms with Crippen molar-refractivity contribution >= 4 is 23.0 Å². The first-order chi connectivity index (χ1) is 10.9. The van der Waals surface area contributed by atoms with E-state index in [1.54, 1.807) is 48.1 Å². The topological polar surface area (TPSA) is 92.9 Å². The first kappa shape index (κ1) is 17.1. The lowest BCUT2D eigenvalue weighted by molar-refractivity contribution is 0.101. The fraction of sp³-hybridized carbons (Fsp3) is 0.250. The standard InChI is InChI=1S/C16H18N4O2S/c1-11(2)19-23(22)14-8-15(20(3)10-14)16(21)18-13-6-4-5-12(7-13)9-17/h4-8,10-11,19H,1-3H3,(H,18,21). The number of nitrogens with zero attached hydrogens (tertiary/aromatic N) is 2. The van der Waals surface area contributed by atoms with Gasteiger partial charge in [-0.15, -0.1) is 4.72 Å². The van der Waals surface area contributed by atoms with Crippen molar-refractivity contribution in [1.29, 1.82) is 5.26 Å². The Hall–Kier alpha value is -2.27. The van der Waals surface area contributed by atoms with Crippen LogP contribution >= 0.6 is 0 Å². The van der Waals surface area contributed by atoms with Gasteiger partial charge >= 0.3 is 0 Å². The molecule has 1 unspecified atom stereocenters. The van der Waals surface area contributed by atoms with Gasteiger partial charge in [0.25, 0.3) is 5.91 Å². The van der Waals surface area contributed by atoms with Crippen molar-refractivity contribution in [3.63, 3.8) is 0 Å². The van der Waals surface area contributed by atoms with E-state index in [9.17, 15) is 9.35 Å². The molecule has 6 nitrogen and oxygen atoms in total. The molecule has 2 aromatic rings. The molecule has 0 aliphatic carbocycles. The molecule has 1 aromatic carbocycles. The van der Waals surface area contributed by atoms with Gasteiger partial charge in [0.05, 0.1) is 29.2 Å². The number of benzene rings is 1. The summed E-state index contributed by atoms with van der Waals surface area (Å²) in [5, 5.41) is 11.6. The average molecular weight is 330 g/mol. The van der Waals surface area contributed by atoms with Crippen molar-refractivity contribution in [1.82, 2.24) is 9.29 Å². The quantitative estimate of drug-likeness (QED) is 0.822. The van der Waals surface area contributed by atoms with Crippen LogP contribution in [-0.4, -0.2) is 21.1 Å². The van der Waals surface area contributed by atoms with Crippen LogP contribution in [0.1, 0.15) is 29.9 Å². The van der Waals surface area contributed by atoms with E-state index in [0.29, 0.717) is 21.8 Å².